The zero-order valence-corrected chi connectivity index (χ0v) is 11.2. The largest absolute Gasteiger partial charge is 0.478 e. The third kappa shape index (κ3) is 3.06. The number of nitrogens with one attached hydrogen (secondary N) is 1. The van der Waals surface area contributed by atoms with E-state index >= 15 is 0 Å². The summed E-state index contributed by atoms with van der Waals surface area (Å²) in [5.41, 5.74) is 1.27. The SMILES string of the molecule is Cc1cc(C(C)NCc2cc(C(=O)O)co2)c(C)o1. The van der Waals surface area contributed by atoms with Crippen molar-refractivity contribution in [3.8, 4) is 0 Å². The average molecular weight is 263 g/mol. The summed E-state index contributed by atoms with van der Waals surface area (Å²) in [7, 11) is 0. The van der Waals surface area contributed by atoms with E-state index in [2.05, 4.69) is 5.32 Å². The van der Waals surface area contributed by atoms with E-state index in [1.165, 1.54) is 12.3 Å². The maximum atomic E-state index is 10.7. The van der Waals surface area contributed by atoms with Gasteiger partial charge in [-0.25, -0.2) is 4.79 Å². The van der Waals surface area contributed by atoms with Crippen molar-refractivity contribution in [2.24, 2.45) is 0 Å². The van der Waals surface area contributed by atoms with Crippen LogP contribution < -0.4 is 5.32 Å². The zero-order valence-electron chi connectivity index (χ0n) is 11.2. The first-order valence-electron chi connectivity index (χ1n) is 6.08. The number of hydrogen-bond donors (Lipinski definition) is 2. The number of hydrogen-bond acceptors (Lipinski definition) is 4. The molecule has 102 valence electrons. The molecule has 0 saturated heterocycles. The molecule has 0 fully saturated rings. The molecule has 0 radical (unpaired) electrons. The van der Waals surface area contributed by atoms with E-state index in [9.17, 15) is 4.79 Å². The molecule has 0 aliphatic carbocycles. The quantitative estimate of drug-likeness (QED) is 0.867. The van der Waals surface area contributed by atoms with E-state index in [0.29, 0.717) is 12.3 Å². The van der Waals surface area contributed by atoms with Gasteiger partial charge >= 0.3 is 5.97 Å². The molecule has 0 saturated carbocycles. The minimum absolute atomic E-state index is 0.107. The maximum Gasteiger partial charge on any atom is 0.338 e. The van der Waals surface area contributed by atoms with Crippen LogP contribution in [0.5, 0.6) is 0 Å². The van der Waals surface area contributed by atoms with Crippen LogP contribution >= 0.6 is 0 Å². The first-order valence-corrected chi connectivity index (χ1v) is 6.08. The van der Waals surface area contributed by atoms with Crippen molar-refractivity contribution in [1.29, 1.82) is 0 Å². The van der Waals surface area contributed by atoms with Crippen molar-refractivity contribution in [2.45, 2.75) is 33.4 Å². The van der Waals surface area contributed by atoms with Crippen LogP contribution in [-0.2, 0) is 6.54 Å². The standard InChI is InChI=1S/C14H17NO4/c1-8-4-13(10(3)19-8)9(2)15-6-12-5-11(7-18-12)14(16)17/h4-5,7,9,15H,6H2,1-3H3,(H,16,17). The molecule has 0 spiro atoms. The summed E-state index contributed by atoms with van der Waals surface area (Å²) in [6.45, 7) is 6.33. The average Bonchev–Trinajstić information content (AvgIpc) is 2.93. The monoisotopic (exact) mass is 263 g/mol. The zero-order chi connectivity index (χ0) is 14.0. The lowest BCUT2D eigenvalue weighted by molar-refractivity contribution is 0.0696. The smallest absolute Gasteiger partial charge is 0.338 e. The van der Waals surface area contributed by atoms with E-state index in [1.54, 1.807) is 0 Å². The molecule has 0 bridgehead atoms. The molecule has 0 aliphatic rings. The van der Waals surface area contributed by atoms with Crippen molar-refractivity contribution >= 4 is 5.97 Å². The Morgan fingerprint density at radius 1 is 1.42 bits per heavy atom. The van der Waals surface area contributed by atoms with Crippen LogP contribution in [-0.4, -0.2) is 11.1 Å². The highest BCUT2D eigenvalue weighted by atomic mass is 16.4. The van der Waals surface area contributed by atoms with Crippen LogP contribution in [0, 0.1) is 13.8 Å². The van der Waals surface area contributed by atoms with Gasteiger partial charge < -0.3 is 19.3 Å². The first-order chi connectivity index (χ1) is 8.97. The fraction of sp³-hybridized carbons (Fsp3) is 0.357. The van der Waals surface area contributed by atoms with Gasteiger partial charge in [0.2, 0.25) is 0 Å². The van der Waals surface area contributed by atoms with E-state index in [0.717, 1.165) is 17.1 Å². The number of carboxylic acids is 1. The first kappa shape index (κ1) is 13.4. The maximum absolute atomic E-state index is 10.7. The molecule has 2 aromatic rings. The number of aromatic carboxylic acids is 1. The molecular formula is C14H17NO4. The molecule has 1 atom stereocenters. The van der Waals surface area contributed by atoms with Crippen molar-refractivity contribution in [3.05, 3.63) is 46.8 Å². The Labute approximate surface area is 111 Å². The predicted molar refractivity (Wildman–Crippen MR) is 69.1 cm³/mol. The minimum Gasteiger partial charge on any atom is -0.478 e. The summed E-state index contributed by atoms with van der Waals surface area (Å²) in [5, 5.41) is 12.1. The number of carbonyl (C=O) groups is 1. The summed E-state index contributed by atoms with van der Waals surface area (Å²) in [6, 6.07) is 3.63. The van der Waals surface area contributed by atoms with Gasteiger partial charge in [0, 0.05) is 11.6 Å². The van der Waals surface area contributed by atoms with Crippen molar-refractivity contribution in [3.63, 3.8) is 0 Å². The molecule has 0 amide bonds. The van der Waals surface area contributed by atoms with E-state index < -0.39 is 5.97 Å². The summed E-state index contributed by atoms with van der Waals surface area (Å²) in [6.07, 6.45) is 1.25. The fourth-order valence-corrected chi connectivity index (χ4v) is 2.03. The molecule has 2 rings (SSSR count). The third-order valence-corrected chi connectivity index (χ3v) is 3.03. The molecule has 5 nitrogen and oxygen atoms in total. The highest BCUT2D eigenvalue weighted by Gasteiger charge is 2.13. The van der Waals surface area contributed by atoms with E-state index in [1.807, 2.05) is 26.8 Å². The number of aryl methyl sites for hydroxylation is 2. The Morgan fingerprint density at radius 2 is 2.16 bits per heavy atom. The van der Waals surface area contributed by atoms with Gasteiger partial charge in [-0.1, -0.05) is 0 Å². The topological polar surface area (TPSA) is 75.6 Å². The van der Waals surface area contributed by atoms with E-state index in [-0.39, 0.29) is 11.6 Å². The lowest BCUT2D eigenvalue weighted by atomic mass is 10.1. The van der Waals surface area contributed by atoms with Crippen LogP contribution in [0.1, 0.15) is 46.2 Å². The van der Waals surface area contributed by atoms with Crippen LogP contribution in [0.2, 0.25) is 0 Å². The summed E-state index contributed by atoms with van der Waals surface area (Å²) in [4.78, 5) is 10.7. The molecule has 2 heterocycles. The molecule has 1 unspecified atom stereocenters. The normalized spacial score (nSPS) is 12.6. The summed E-state index contributed by atoms with van der Waals surface area (Å²) in [5.74, 6) is 1.39. The fourth-order valence-electron chi connectivity index (χ4n) is 2.03. The van der Waals surface area contributed by atoms with Crippen molar-refractivity contribution in [1.82, 2.24) is 5.32 Å². The van der Waals surface area contributed by atoms with Crippen molar-refractivity contribution < 1.29 is 18.7 Å². The Morgan fingerprint density at radius 3 is 2.68 bits per heavy atom. The highest BCUT2D eigenvalue weighted by molar-refractivity contribution is 5.87. The second-order valence-electron chi connectivity index (χ2n) is 4.58. The second kappa shape index (κ2) is 5.32. The van der Waals surface area contributed by atoms with Gasteiger partial charge in [-0.2, -0.15) is 0 Å². The Bertz CT molecular complexity index is 582. The van der Waals surface area contributed by atoms with Crippen molar-refractivity contribution in [2.75, 3.05) is 0 Å². The van der Waals surface area contributed by atoms with Gasteiger partial charge in [0.25, 0.3) is 0 Å². The second-order valence-corrected chi connectivity index (χ2v) is 4.58. The lowest BCUT2D eigenvalue weighted by Gasteiger charge is -2.11. The lowest BCUT2D eigenvalue weighted by Crippen LogP contribution is -2.17. The molecule has 2 aromatic heterocycles. The molecule has 2 N–H and O–H groups in total. The summed E-state index contributed by atoms with van der Waals surface area (Å²) < 4.78 is 10.7. The Hall–Kier alpha value is -2.01. The Balaban J connectivity index is 1.98. The number of furan rings is 2. The third-order valence-electron chi connectivity index (χ3n) is 3.03. The summed E-state index contributed by atoms with van der Waals surface area (Å²) >= 11 is 0. The van der Waals surface area contributed by atoms with Crippen LogP contribution in [0.4, 0.5) is 0 Å². The van der Waals surface area contributed by atoms with E-state index in [4.69, 9.17) is 13.9 Å². The highest BCUT2D eigenvalue weighted by Crippen LogP contribution is 2.21. The van der Waals surface area contributed by atoms with Gasteiger partial charge in [-0.15, -0.1) is 0 Å². The van der Waals surface area contributed by atoms with Crippen LogP contribution in [0.3, 0.4) is 0 Å². The number of carboxylic acid groups (broad SMARTS) is 1. The Kier molecular flexibility index (Phi) is 3.76. The minimum atomic E-state index is -0.982. The molecule has 0 aromatic carbocycles. The van der Waals surface area contributed by atoms with Gasteiger partial charge in [-0.3, -0.25) is 0 Å². The van der Waals surface area contributed by atoms with Gasteiger partial charge in [0.1, 0.15) is 23.5 Å². The van der Waals surface area contributed by atoms with Gasteiger partial charge in [0.05, 0.1) is 12.1 Å². The van der Waals surface area contributed by atoms with Crippen LogP contribution in [0.25, 0.3) is 0 Å². The predicted octanol–water partition coefficient (Wildman–Crippen LogP) is 3.04. The van der Waals surface area contributed by atoms with Gasteiger partial charge in [0.15, 0.2) is 0 Å². The molecule has 0 aliphatic heterocycles. The molecule has 19 heavy (non-hydrogen) atoms. The van der Waals surface area contributed by atoms with Crippen LogP contribution in [0.15, 0.2) is 27.2 Å². The molecular weight excluding hydrogens is 246 g/mol. The number of rotatable bonds is 5. The molecule has 5 heteroatoms. The van der Waals surface area contributed by atoms with Gasteiger partial charge in [-0.05, 0) is 32.9 Å².